The normalized spacial score (nSPS) is 12.6. The van der Waals surface area contributed by atoms with Crippen LogP contribution in [-0.2, 0) is 0 Å². The van der Waals surface area contributed by atoms with Gasteiger partial charge in [-0.1, -0.05) is 30.3 Å². The summed E-state index contributed by atoms with van der Waals surface area (Å²) in [5.74, 6) is 0.854. The number of rotatable bonds is 3. The van der Waals surface area contributed by atoms with Gasteiger partial charge in [0.15, 0.2) is 0 Å². The van der Waals surface area contributed by atoms with Gasteiger partial charge in [0.2, 0.25) is 0 Å². The molecule has 0 saturated heterocycles. The molecule has 0 saturated carbocycles. The lowest BCUT2D eigenvalue weighted by Gasteiger charge is -2.18. The van der Waals surface area contributed by atoms with Crippen molar-refractivity contribution in [3.8, 4) is 5.75 Å². The Bertz CT molecular complexity index is 789. The molecule has 2 N–H and O–H groups in total. The van der Waals surface area contributed by atoms with Crippen molar-refractivity contribution in [1.82, 2.24) is 0 Å². The minimum Gasteiger partial charge on any atom is -0.496 e. The Morgan fingerprint density at radius 2 is 1.81 bits per heavy atom. The summed E-state index contributed by atoms with van der Waals surface area (Å²) in [7, 11) is 1.69. The Labute approximate surface area is 124 Å². The van der Waals surface area contributed by atoms with Crippen LogP contribution in [-0.4, -0.2) is 7.11 Å². The summed E-state index contributed by atoms with van der Waals surface area (Å²) in [6, 6.07) is 11.8. The molecule has 0 spiro atoms. The van der Waals surface area contributed by atoms with Crippen LogP contribution in [0.2, 0.25) is 0 Å². The van der Waals surface area contributed by atoms with Crippen molar-refractivity contribution >= 4 is 11.0 Å². The minimum absolute atomic E-state index is 0.275. The number of furan rings is 1. The van der Waals surface area contributed by atoms with E-state index in [-0.39, 0.29) is 6.04 Å². The van der Waals surface area contributed by atoms with Gasteiger partial charge in [-0.15, -0.1) is 0 Å². The first-order chi connectivity index (χ1) is 10.1. The van der Waals surface area contributed by atoms with Crippen LogP contribution in [0.3, 0.4) is 0 Å². The quantitative estimate of drug-likeness (QED) is 0.786. The summed E-state index contributed by atoms with van der Waals surface area (Å²) in [6.45, 7) is 4.12. The third-order valence-electron chi connectivity index (χ3n) is 4.09. The Morgan fingerprint density at radius 3 is 2.57 bits per heavy atom. The fourth-order valence-electron chi connectivity index (χ4n) is 2.73. The second-order valence-corrected chi connectivity index (χ2v) is 5.29. The average molecular weight is 281 g/mol. The summed E-state index contributed by atoms with van der Waals surface area (Å²) in [5.41, 5.74) is 11.6. The zero-order chi connectivity index (χ0) is 15.0. The molecule has 1 heterocycles. The number of nitrogens with two attached hydrogens (primary N) is 1. The van der Waals surface area contributed by atoms with E-state index in [1.807, 2.05) is 30.3 Å². The van der Waals surface area contributed by atoms with Crippen LogP contribution in [0.25, 0.3) is 11.0 Å². The molecule has 108 valence electrons. The Morgan fingerprint density at radius 1 is 1.05 bits per heavy atom. The maximum atomic E-state index is 6.48. The highest BCUT2D eigenvalue weighted by Gasteiger charge is 2.20. The van der Waals surface area contributed by atoms with E-state index in [4.69, 9.17) is 14.9 Å². The van der Waals surface area contributed by atoms with E-state index in [9.17, 15) is 0 Å². The molecular weight excluding hydrogens is 262 g/mol. The third kappa shape index (κ3) is 2.20. The number of para-hydroxylation sites is 1. The van der Waals surface area contributed by atoms with Gasteiger partial charge in [0, 0.05) is 16.5 Å². The summed E-state index contributed by atoms with van der Waals surface area (Å²) < 4.78 is 11.2. The first kappa shape index (κ1) is 13.7. The molecule has 0 fully saturated rings. The Hall–Kier alpha value is -2.26. The van der Waals surface area contributed by atoms with Crippen molar-refractivity contribution in [2.45, 2.75) is 19.9 Å². The molecule has 0 radical (unpaired) electrons. The maximum Gasteiger partial charge on any atom is 0.134 e. The van der Waals surface area contributed by atoms with Crippen LogP contribution in [0.5, 0.6) is 5.75 Å². The molecule has 3 rings (SSSR count). The van der Waals surface area contributed by atoms with Crippen LogP contribution < -0.4 is 10.5 Å². The molecule has 0 aliphatic rings. The number of ether oxygens (including phenoxy) is 1. The van der Waals surface area contributed by atoms with Crippen molar-refractivity contribution in [2.24, 2.45) is 5.73 Å². The monoisotopic (exact) mass is 281 g/mol. The summed E-state index contributed by atoms with van der Waals surface area (Å²) >= 11 is 0. The lowest BCUT2D eigenvalue weighted by atomic mass is 9.94. The fourth-order valence-corrected chi connectivity index (χ4v) is 2.73. The zero-order valence-corrected chi connectivity index (χ0v) is 12.5. The molecule has 0 aliphatic heterocycles. The molecule has 0 amide bonds. The molecule has 1 atom stereocenters. The predicted molar refractivity (Wildman–Crippen MR) is 84.7 cm³/mol. The lowest BCUT2D eigenvalue weighted by Crippen LogP contribution is -2.13. The minimum atomic E-state index is -0.275. The van der Waals surface area contributed by atoms with Crippen LogP contribution in [0.15, 0.2) is 47.1 Å². The van der Waals surface area contributed by atoms with E-state index >= 15 is 0 Å². The predicted octanol–water partition coefficient (Wildman–Crippen LogP) is 4.11. The standard InChI is InChI=1S/C18H19NO2/c1-11-8-9-14(18(20-3)12(11)2)17(19)15-10-21-16-7-5-4-6-13(15)16/h4-10,17H,19H2,1-3H3. The first-order valence-electron chi connectivity index (χ1n) is 6.99. The van der Waals surface area contributed by atoms with Crippen molar-refractivity contribution in [3.63, 3.8) is 0 Å². The van der Waals surface area contributed by atoms with Gasteiger partial charge in [-0.3, -0.25) is 0 Å². The molecule has 0 aliphatic carbocycles. The van der Waals surface area contributed by atoms with E-state index in [0.29, 0.717) is 0 Å². The Balaban J connectivity index is 2.14. The van der Waals surface area contributed by atoms with Crippen molar-refractivity contribution in [3.05, 3.63) is 64.9 Å². The zero-order valence-electron chi connectivity index (χ0n) is 12.5. The van der Waals surface area contributed by atoms with Crippen molar-refractivity contribution in [2.75, 3.05) is 7.11 Å². The van der Waals surface area contributed by atoms with Gasteiger partial charge >= 0.3 is 0 Å². The first-order valence-corrected chi connectivity index (χ1v) is 6.99. The fraction of sp³-hybridized carbons (Fsp3) is 0.222. The second kappa shape index (κ2) is 5.26. The molecule has 1 aromatic heterocycles. The molecule has 1 unspecified atom stereocenters. The average Bonchev–Trinajstić information content (AvgIpc) is 2.93. The lowest BCUT2D eigenvalue weighted by molar-refractivity contribution is 0.404. The SMILES string of the molecule is COc1c(C(N)c2coc3ccccc23)ccc(C)c1C. The van der Waals surface area contributed by atoms with E-state index < -0.39 is 0 Å². The molecule has 3 nitrogen and oxygen atoms in total. The van der Waals surface area contributed by atoms with Crippen LogP contribution in [0.4, 0.5) is 0 Å². The number of benzene rings is 2. The van der Waals surface area contributed by atoms with E-state index in [0.717, 1.165) is 33.4 Å². The van der Waals surface area contributed by atoms with Gasteiger partial charge in [0.05, 0.1) is 19.4 Å². The second-order valence-electron chi connectivity index (χ2n) is 5.29. The number of hydrogen-bond acceptors (Lipinski definition) is 3. The molecule has 21 heavy (non-hydrogen) atoms. The molecule has 0 bridgehead atoms. The number of methoxy groups -OCH3 is 1. The smallest absolute Gasteiger partial charge is 0.134 e. The van der Waals surface area contributed by atoms with Gasteiger partial charge in [-0.25, -0.2) is 0 Å². The molecule has 2 aromatic carbocycles. The van der Waals surface area contributed by atoms with E-state index in [1.165, 1.54) is 5.56 Å². The topological polar surface area (TPSA) is 48.4 Å². The molecular formula is C18H19NO2. The summed E-state index contributed by atoms with van der Waals surface area (Å²) in [5, 5.41) is 1.05. The van der Waals surface area contributed by atoms with Crippen LogP contribution in [0, 0.1) is 13.8 Å². The van der Waals surface area contributed by atoms with Gasteiger partial charge in [0.25, 0.3) is 0 Å². The highest BCUT2D eigenvalue weighted by Crippen LogP contribution is 2.35. The number of fused-ring (bicyclic) bond motifs is 1. The van der Waals surface area contributed by atoms with Crippen LogP contribution >= 0.6 is 0 Å². The van der Waals surface area contributed by atoms with E-state index in [2.05, 4.69) is 19.9 Å². The van der Waals surface area contributed by atoms with Crippen molar-refractivity contribution < 1.29 is 9.15 Å². The van der Waals surface area contributed by atoms with Crippen LogP contribution in [0.1, 0.15) is 28.3 Å². The highest BCUT2D eigenvalue weighted by molar-refractivity contribution is 5.82. The highest BCUT2D eigenvalue weighted by atomic mass is 16.5. The number of hydrogen-bond donors (Lipinski definition) is 1. The van der Waals surface area contributed by atoms with Gasteiger partial charge in [-0.2, -0.15) is 0 Å². The Kier molecular flexibility index (Phi) is 3.43. The van der Waals surface area contributed by atoms with Crippen molar-refractivity contribution in [1.29, 1.82) is 0 Å². The third-order valence-corrected chi connectivity index (χ3v) is 4.09. The van der Waals surface area contributed by atoms with E-state index in [1.54, 1.807) is 13.4 Å². The van der Waals surface area contributed by atoms with Gasteiger partial charge in [-0.05, 0) is 31.0 Å². The largest absolute Gasteiger partial charge is 0.496 e. The maximum absolute atomic E-state index is 6.48. The number of aryl methyl sites for hydroxylation is 1. The summed E-state index contributed by atoms with van der Waals surface area (Å²) in [4.78, 5) is 0. The van der Waals surface area contributed by atoms with Gasteiger partial charge < -0.3 is 14.9 Å². The molecule has 3 aromatic rings. The molecule has 3 heteroatoms. The summed E-state index contributed by atoms with van der Waals surface area (Å²) in [6.07, 6.45) is 1.74. The van der Waals surface area contributed by atoms with Gasteiger partial charge in [0.1, 0.15) is 11.3 Å².